The summed E-state index contributed by atoms with van der Waals surface area (Å²) in [5.74, 6) is 1.45. The molecular weight excluding hydrogens is 238 g/mol. The van der Waals surface area contributed by atoms with E-state index in [4.69, 9.17) is 4.74 Å². The summed E-state index contributed by atoms with van der Waals surface area (Å²) in [6, 6.07) is 8.28. The molecule has 3 heteroatoms. The lowest BCUT2D eigenvalue weighted by molar-refractivity contribution is 0.00916. The minimum atomic E-state index is -0.501. The Morgan fingerprint density at radius 2 is 2.16 bits per heavy atom. The Labute approximate surface area is 115 Å². The van der Waals surface area contributed by atoms with Gasteiger partial charge in [-0.25, -0.2) is 0 Å². The minimum absolute atomic E-state index is 0.438. The Bertz CT molecular complexity index is 425. The molecule has 19 heavy (non-hydrogen) atoms. The van der Waals surface area contributed by atoms with E-state index < -0.39 is 5.60 Å². The Kier molecular flexibility index (Phi) is 3.76. The number of fused-ring (bicyclic) bond motifs is 1. The van der Waals surface area contributed by atoms with Crippen LogP contribution in [0.2, 0.25) is 0 Å². The van der Waals surface area contributed by atoms with Gasteiger partial charge in [-0.15, -0.1) is 0 Å². The third-order valence-electron chi connectivity index (χ3n) is 4.47. The van der Waals surface area contributed by atoms with Gasteiger partial charge in [-0.2, -0.15) is 0 Å². The van der Waals surface area contributed by atoms with Crippen LogP contribution >= 0.6 is 0 Å². The first-order chi connectivity index (χ1) is 9.27. The van der Waals surface area contributed by atoms with Crippen LogP contribution in [-0.2, 0) is 0 Å². The Morgan fingerprint density at radius 1 is 1.26 bits per heavy atom. The number of para-hydroxylation sites is 1. The quantitative estimate of drug-likeness (QED) is 0.859. The Balaban J connectivity index is 1.76. The molecule has 0 aliphatic carbocycles. The summed E-state index contributed by atoms with van der Waals surface area (Å²) in [6.07, 6.45) is 4.75. The van der Waals surface area contributed by atoms with Crippen LogP contribution in [0.3, 0.4) is 0 Å². The van der Waals surface area contributed by atoms with Crippen LogP contribution in [0.1, 0.15) is 43.6 Å². The van der Waals surface area contributed by atoms with Gasteiger partial charge in [0.1, 0.15) is 5.75 Å². The molecule has 2 aliphatic heterocycles. The number of nitrogens with one attached hydrogen (secondary N) is 1. The van der Waals surface area contributed by atoms with E-state index in [2.05, 4.69) is 17.4 Å². The molecule has 0 aromatic heterocycles. The van der Waals surface area contributed by atoms with Crippen LogP contribution in [0.5, 0.6) is 5.75 Å². The third kappa shape index (κ3) is 2.93. The van der Waals surface area contributed by atoms with Crippen molar-refractivity contribution < 1.29 is 9.84 Å². The van der Waals surface area contributed by atoms with Crippen LogP contribution in [-0.4, -0.2) is 30.4 Å². The molecule has 0 radical (unpaired) electrons. The van der Waals surface area contributed by atoms with E-state index in [9.17, 15) is 5.11 Å². The number of rotatable bonds is 2. The van der Waals surface area contributed by atoms with Crippen molar-refractivity contribution in [2.75, 3.05) is 19.7 Å². The van der Waals surface area contributed by atoms with Gasteiger partial charge in [-0.05, 0) is 62.7 Å². The monoisotopic (exact) mass is 261 g/mol. The predicted molar refractivity (Wildman–Crippen MR) is 75.6 cm³/mol. The van der Waals surface area contributed by atoms with E-state index in [-0.39, 0.29) is 0 Å². The first-order valence-electron chi connectivity index (χ1n) is 7.42. The lowest BCUT2D eigenvalue weighted by atomic mass is 9.79. The molecule has 1 saturated heterocycles. The van der Waals surface area contributed by atoms with Gasteiger partial charge >= 0.3 is 0 Å². The highest BCUT2D eigenvalue weighted by Crippen LogP contribution is 2.40. The van der Waals surface area contributed by atoms with Gasteiger partial charge in [0.05, 0.1) is 12.2 Å². The van der Waals surface area contributed by atoms with Crippen molar-refractivity contribution in [1.82, 2.24) is 5.32 Å². The highest BCUT2D eigenvalue weighted by atomic mass is 16.5. The van der Waals surface area contributed by atoms with Gasteiger partial charge in [0.2, 0.25) is 0 Å². The SMILES string of the molecule is OC1(CC2CCOc3ccccc32)CCCNCC1. The molecule has 2 heterocycles. The number of hydrogen-bond acceptors (Lipinski definition) is 3. The molecule has 2 aliphatic rings. The van der Waals surface area contributed by atoms with Gasteiger partial charge in [0.25, 0.3) is 0 Å². The van der Waals surface area contributed by atoms with Crippen LogP contribution in [0.4, 0.5) is 0 Å². The van der Waals surface area contributed by atoms with Gasteiger partial charge in [0.15, 0.2) is 0 Å². The van der Waals surface area contributed by atoms with Crippen molar-refractivity contribution in [3.8, 4) is 5.75 Å². The second-order valence-corrected chi connectivity index (χ2v) is 5.90. The molecule has 3 rings (SSSR count). The van der Waals surface area contributed by atoms with Crippen molar-refractivity contribution >= 4 is 0 Å². The molecule has 0 bridgehead atoms. The number of benzene rings is 1. The van der Waals surface area contributed by atoms with E-state index in [0.29, 0.717) is 5.92 Å². The zero-order chi connectivity index (χ0) is 13.1. The molecule has 0 saturated carbocycles. The fourth-order valence-electron chi connectivity index (χ4n) is 3.40. The largest absolute Gasteiger partial charge is 0.493 e. The highest BCUT2D eigenvalue weighted by molar-refractivity contribution is 5.37. The van der Waals surface area contributed by atoms with Gasteiger partial charge < -0.3 is 15.2 Å². The maximum Gasteiger partial charge on any atom is 0.122 e. The van der Waals surface area contributed by atoms with Crippen molar-refractivity contribution in [1.29, 1.82) is 0 Å². The standard InChI is InChI=1S/C16H23NO2/c18-16(7-3-9-17-10-8-16)12-13-6-11-19-15-5-2-1-4-14(13)15/h1-2,4-5,13,17-18H,3,6-12H2. The van der Waals surface area contributed by atoms with E-state index in [0.717, 1.165) is 57.6 Å². The average Bonchev–Trinajstić information content (AvgIpc) is 2.64. The van der Waals surface area contributed by atoms with Crippen LogP contribution < -0.4 is 10.1 Å². The molecule has 1 aromatic rings. The van der Waals surface area contributed by atoms with Crippen molar-refractivity contribution in [2.24, 2.45) is 0 Å². The molecule has 2 N–H and O–H groups in total. The van der Waals surface area contributed by atoms with Crippen molar-refractivity contribution in [2.45, 2.75) is 43.6 Å². The second kappa shape index (κ2) is 5.51. The zero-order valence-electron chi connectivity index (χ0n) is 11.4. The average molecular weight is 261 g/mol. The van der Waals surface area contributed by atoms with Gasteiger partial charge in [-0.3, -0.25) is 0 Å². The maximum absolute atomic E-state index is 10.8. The van der Waals surface area contributed by atoms with Crippen LogP contribution in [0, 0.1) is 0 Å². The maximum atomic E-state index is 10.8. The molecule has 2 atom stereocenters. The fraction of sp³-hybridized carbons (Fsp3) is 0.625. The summed E-state index contributed by atoms with van der Waals surface area (Å²) in [7, 11) is 0. The van der Waals surface area contributed by atoms with Gasteiger partial charge in [-0.1, -0.05) is 18.2 Å². The smallest absolute Gasteiger partial charge is 0.122 e. The molecule has 1 aromatic carbocycles. The highest BCUT2D eigenvalue weighted by Gasteiger charge is 2.33. The van der Waals surface area contributed by atoms with Crippen molar-refractivity contribution in [3.05, 3.63) is 29.8 Å². The fourth-order valence-corrected chi connectivity index (χ4v) is 3.40. The molecule has 3 nitrogen and oxygen atoms in total. The first-order valence-corrected chi connectivity index (χ1v) is 7.42. The predicted octanol–water partition coefficient (Wildman–Crippen LogP) is 2.45. The molecule has 104 valence electrons. The molecule has 1 fully saturated rings. The summed E-state index contributed by atoms with van der Waals surface area (Å²) in [5, 5.41) is 14.2. The van der Waals surface area contributed by atoms with E-state index in [1.54, 1.807) is 0 Å². The lowest BCUT2D eigenvalue weighted by Gasteiger charge is -2.34. The summed E-state index contributed by atoms with van der Waals surface area (Å²) in [5.41, 5.74) is 0.776. The molecule has 0 spiro atoms. The number of ether oxygens (including phenoxy) is 1. The van der Waals surface area contributed by atoms with Crippen molar-refractivity contribution in [3.63, 3.8) is 0 Å². The van der Waals surface area contributed by atoms with Gasteiger partial charge in [0, 0.05) is 0 Å². The first kappa shape index (κ1) is 12.9. The van der Waals surface area contributed by atoms with Crippen LogP contribution in [0.25, 0.3) is 0 Å². The number of hydrogen-bond donors (Lipinski definition) is 2. The van der Waals surface area contributed by atoms with E-state index in [1.807, 2.05) is 12.1 Å². The normalized spacial score (nSPS) is 31.1. The minimum Gasteiger partial charge on any atom is -0.493 e. The van der Waals surface area contributed by atoms with E-state index >= 15 is 0 Å². The number of aliphatic hydroxyl groups is 1. The third-order valence-corrected chi connectivity index (χ3v) is 4.47. The Morgan fingerprint density at radius 3 is 3.11 bits per heavy atom. The molecule has 2 unspecified atom stereocenters. The zero-order valence-corrected chi connectivity index (χ0v) is 11.4. The lowest BCUT2D eigenvalue weighted by Crippen LogP contribution is -2.33. The second-order valence-electron chi connectivity index (χ2n) is 5.90. The summed E-state index contributed by atoms with van der Waals surface area (Å²) >= 11 is 0. The molecular formula is C16H23NO2. The summed E-state index contributed by atoms with van der Waals surface area (Å²) < 4.78 is 5.71. The Hall–Kier alpha value is -1.06. The molecule has 0 amide bonds. The van der Waals surface area contributed by atoms with E-state index in [1.165, 1.54) is 5.56 Å². The van der Waals surface area contributed by atoms with Crippen LogP contribution in [0.15, 0.2) is 24.3 Å². The summed E-state index contributed by atoms with van der Waals surface area (Å²) in [6.45, 7) is 2.74. The summed E-state index contributed by atoms with van der Waals surface area (Å²) in [4.78, 5) is 0. The topological polar surface area (TPSA) is 41.5 Å².